The lowest BCUT2D eigenvalue weighted by Crippen LogP contribution is -2.18. The molecule has 9 rings (SSSR count). The van der Waals surface area contributed by atoms with Crippen molar-refractivity contribution in [2.75, 3.05) is 33.9 Å². The van der Waals surface area contributed by atoms with Crippen molar-refractivity contribution in [2.24, 2.45) is 11.5 Å². The molecule has 3 atom stereocenters. The minimum atomic E-state index is -3.75. The van der Waals surface area contributed by atoms with Crippen molar-refractivity contribution in [1.82, 2.24) is 5.32 Å². The number of nitrogens with one attached hydrogen (secondary N) is 1. The van der Waals surface area contributed by atoms with Gasteiger partial charge in [-0.1, -0.05) is 36.4 Å². The van der Waals surface area contributed by atoms with Gasteiger partial charge in [-0.2, -0.15) is 0 Å². The topological polar surface area (TPSA) is 253 Å². The first kappa shape index (κ1) is 69.7. The van der Waals surface area contributed by atoms with Crippen LogP contribution >= 0.6 is 0 Å². The molecule has 6 aromatic carbocycles. The Morgan fingerprint density at radius 3 is 1.20 bits per heavy atom. The average molecular weight is 1250 g/mol. The zero-order valence-electron chi connectivity index (χ0n) is 49.1. The van der Waals surface area contributed by atoms with E-state index in [1.165, 1.54) is 67.2 Å². The Bertz CT molecular complexity index is 3620. The average Bonchev–Trinajstić information content (AvgIpc) is 3.64. The molecule has 3 aliphatic carbocycles. The van der Waals surface area contributed by atoms with Crippen molar-refractivity contribution in [1.29, 1.82) is 0 Å². The SMILES string of the molecule is CCOC(=O)C=O.CCOC(=O)CCC[C@@H]1CCCc2cc(S(=O)(=O)c3cccc(F)c3)ccc21.CN.CNC(=O)CCC[C@@H]1CCCc2cc(S(=O)(=O)c3cccc(F)c3)ccc21.NC[C@@H]1CCCc2cc(S(=O)(=O)c3cccc(F)c3)ccc21. The third kappa shape index (κ3) is 19.2. The fourth-order valence-corrected chi connectivity index (χ4v) is 14.9. The Hall–Kier alpha value is -7.04. The zero-order chi connectivity index (χ0) is 63.0. The molecule has 0 bridgehead atoms. The van der Waals surface area contributed by atoms with Gasteiger partial charge in [0, 0.05) is 19.9 Å². The molecule has 0 saturated heterocycles. The number of benzene rings is 6. The minimum absolute atomic E-state index is 0.0152. The Morgan fingerprint density at radius 2 is 0.872 bits per heavy atom. The largest absolute Gasteiger partial charge is 0.466 e. The summed E-state index contributed by atoms with van der Waals surface area (Å²) in [6, 6.07) is 31.0. The maximum atomic E-state index is 13.5. The third-order valence-electron chi connectivity index (χ3n) is 15.1. The van der Waals surface area contributed by atoms with E-state index in [4.69, 9.17) is 10.5 Å². The molecule has 0 unspecified atom stereocenters. The lowest BCUT2D eigenvalue weighted by Gasteiger charge is -2.26. The minimum Gasteiger partial charge on any atom is -0.466 e. The first-order valence-corrected chi connectivity index (χ1v) is 33.3. The summed E-state index contributed by atoms with van der Waals surface area (Å²) in [6.45, 7) is 4.67. The first-order chi connectivity index (χ1) is 41.2. The van der Waals surface area contributed by atoms with E-state index in [2.05, 4.69) is 15.8 Å². The van der Waals surface area contributed by atoms with Crippen LogP contribution in [0.5, 0.6) is 0 Å². The van der Waals surface area contributed by atoms with E-state index >= 15 is 0 Å². The van der Waals surface area contributed by atoms with Gasteiger partial charge in [0.15, 0.2) is 0 Å². The van der Waals surface area contributed by atoms with Gasteiger partial charge in [-0.3, -0.25) is 14.4 Å². The van der Waals surface area contributed by atoms with E-state index in [0.29, 0.717) is 43.7 Å². The number of hydrogen-bond donors (Lipinski definition) is 3. The maximum absolute atomic E-state index is 13.5. The van der Waals surface area contributed by atoms with Gasteiger partial charge in [0.2, 0.25) is 41.7 Å². The number of aldehydes is 1. The number of fused-ring (bicyclic) bond motifs is 3. The number of aryl methyl sites for hydroxylation is 3. The van der Waals surface area contributed by atoms with E-state index in [9.17, 15) is 57.6 Å². The van der Waals surface area contributed by atoms with Crippen LogP contribution in [-0.4, -0.2) is 83.2 Å². The highest BCUT2D eigenvalue weighted by Gasteiger charge is 2.28. The summed E-state index contributed by atoms with van der Waals surface area (Å²) in [5, 5.41) is 2.63. The van der Waals surface area contributed by atoms with Crippen molar-refractivity contribution in [3.63, 3.8) is 0 Å². The van der Waals surface area contributed by atoms with Gasteiger partial charge in [-0.15, -0.1) is 0 Å². The van der Waals surface area contributed by atoms with Crippen LogP contribution in [0.3, 0.4) is 0 Å². The highest BCUT2D eigenvalue weighted by Crippen LogP contribution is 2.39. The molecule has 5 N–H and O–H groups in total. The van der Waals surface area contributed by atoms with Gasteiger partial charge in [0.1, 0.15) is 17.5 Å². The van der Waals surface area contributed by atoms with Crippen LogP contribution in [0.4, 0.5) is 13.2 Å². The molecule has 464 valence electrons. The molecule has 0 spiro atoms. The monoisotopic (exact) mass is 1250 g/mol. The highest BCUT2D eigenvalue weighted by atomic mass is 32.2. The number of amides is 1. The third-order valence-corrected chi connectivity index (χ3v) is 20.3. The zero-order valence-corrected chi connectivity index (χ0v) is 51.5. The summed E-state index contributed by atoms with van der Waals surface area (Å²) in [5.41, 5.74) is 16.9. The molecule has 0 radical (unpaired) electrons. The first-order valence-electron chi connectivity index (χ1n) is 28.8. The predicted molar refractivity (Wildman–Crippen MR) is 322 cm³/mol. The maximum Gasteiger partial charge on any atom is 0.371 e. The quantitative estimate of drug-likeness (QED) is 0.0411. The van der Waals surface area contributed by atoms with E-state index < -0.39 is 52.9 Å². The van der Waals surface area contributed by atoms with Crippen molar-refractivity contribution < 1.29 is 67.1 Å². The number of carbonyl (C=O) groups is 4. The normalized spacial score (nSPS) is 15.8. The predicted octanol–water partition coefficient (Wildman–Crippen LogP) is 11.2. The summed E-state index contributed by atoms with van der Waals surface area (Å²) in [5.74, 6) is -1.64. The number of esters is 2. The molecule has 0 fully saturated rings. The summed E-state index contributed by atoms with van der Waals surface area (Å²) in [7, 11) is -8.04. The van der Waals surface area contributed by atoms with E-state index in [-0.39, 0.29) is 54.1 Å². The molecule has 0 aromatic heterocycles. The Kier molecular flexibility index (Phi) is 27.4. The smallest absolute Gasteiger partial charge is 0.371 e. The molecule has 86 heavy (non-hydrogen) atoms. The van der Waals surface area contributed by atoms with E-state index in [1.807, 2.05) is 18.2 Å². The second kappa shape index (κ2) is 33.8. The Balaban J connectivity index is 0.000000221. The fourth-order valence-electron chi connectivity index (χ4n) is 10.9. The van der Waals surface area contributed by atoms with Crippen molar-refractivity contribution in [3.8, 4) is 0 Å². The summed E-state index contributed by atoms with van der Waals surface area (Å²) < 4.78 is 126. The molecule has 21 heteroatoms. The number of rotatable bonds is 18. The molecule has 1 amide bonds. The van der Waals surface area contributed by atoms with Crippen LogP contribution in [-0.2, 0) is 77.4 Å². The van der Waals surface area contributed by atoms with Crippen LogP contribution in [0.25, 0.3) is 0 Å². The molecule has 6 aromatic rings. The van der Waals surface area contributed by atoms with Gasteiger partial charge in [0.25, 0.3) is 0 Å². The van der Waals surface area contributed by atoms with Crippen LogP contribution in [0.2, 0.25) is 0 Å². The Morgan fingerprint density at radius 1 is 0.523 bits per heavy atom. The summed E-state index contributed by atoms with van der Waals surface area (Å²) in [4.78, 5) is 42.7. The van der Waals surface area contributed by atoms with Crippen molar-refractivity contribution >= 4 is 53.6 Å². The number of hydrogen-bond acceptors (Lipinski definition) is 14. The van der Waals surface area contributed by atoms with Crippen LogP contribution in [0.1, 0.15) is 142 Å². The summed E-state index contributed by atoms with van der Waals surface area (Å²) >= 11 is 0. The number of halogens is 3. The van der Waals surface area contributed by atoms with Crippen LogP contribution in [0, 0.1) is 17.5 Å². The molecule has 3 aliphatic rings. The fraction of sp³-hybridized carbons (Fsp3) is 0.385. The van der Waals surface area contributed by atoms with Crippen LogP contribution < -0.4 is 16.8 Å². The molecule has 0 saturated carbocycles. The Labute approximate surface area is 504 Å². The lowest BCUT2D eigenvalue weighted by molar-refractivity contribution is -0.148. The van der Waals surface area contributed by atoms with E-state index in [1.54, 1.807) is 57.3 Å². The summed E-state index contributed by atoms with van der Waals surface area (Å²) in [6.07, 6.45) is 13.1. The molecular formula is C65H78F3N3O12S3. The second-order valence-electron chi connectivity index (χ2n) is 20.6. The molecular weight excluding hydrogens is 1170 g/mol. The lowest BCUT2D eigenvalue weighted by atomic mass is 9.80. The van der Waals surface area contributed by atoms with Gasteiger partial charge in [0.05, 0.1) is 42.6 Å². The van der Waals surface area contributed by atoms with Crippen molar-refractivity contribution in [3.05, 3.63) is 178 Å². The van der Waals surface area contributed by atoms with Gasteiger partial charge in [-0.05, 0) is 253 Å². The standard InChI is InChI=1S/C22H25FO4S.C21H24FNO3S.C17H18FNO2S.C4H6O3.CH5N/c1-2-27-22(24)11-4-7-16-6-3-8-17-14-20(12-13-21(16)17)28(25,26)19-10-5-9-18(23)15-19;1-23-21(24)10-3-6-15-5-2-7-16-13-19(11-12-20(15)16)27(25,26)18-9-4-8-17(22)14-18;18-14-5-2-6-15(10-14)22(20,21)16-7-8-17-12(9-16)3-1-4-13(17)11-19;1-2-7-4(6)3-5;1-2/h5,9-10,12-16H,2-4,6-8,11H2,1H3;4,8-9,11-15H,2-3,5-7,10H2,1H3,(H,23,24);2,5-10,13H,1,3-4,11,19H2;3H,2H2,1H3;2H2,1H3/t16-;15-;13-;;/m000../s1. The second-order valence-corrected chi connectivity index (χ2v) is 26.4. The number of ether oxygens (including phenoxy) is 2. The van der Waals surface area contributed by atoms with Crippen molar-refractivity contribution in [2.45, 2.75) is 157 Å². The van der Waals surface area contributed by atoms with Crippen LogP contribution in [0.15, 0.2) is 157 Å². The van der Waals surface area contributed by atoms with Gasteiger partial charge < -0.3 is 26.3 Å². The van der Waals surface area contributed by atoms with Gasteiger partial charge in [-0.25, -0.2) is 43.2 Å². The van der Waals surface area contributed by atoms with E-state index in [0.717, 1.165) is 129 Å². The number of nitrogens with two attached hydrogens (primary N) is 2. The molecule has 0 heterocycles. The van der Waals surface area contributed by atoms with Gasteiger partial charge >= 0.3 is 11.9 Å². The number of carbonyl (C=O) groups excluding carboxylic acids is 4. The highest BCUT2D eigenvalue weighted by molar-refractivity contribution is 7.92. The number of sulfone groups is 3. The molecule has 0 aliphatic heterocycles. The molecule has 15 nitrogen and oxygen atoms in total.